The summed E-state index contributed by atoms with van der Waals surface area (Å²) in [4.78, 5) is 12.0. The van der Waals surface area contributed by atoms with Crippen LogP contribution in [0.15, 0.2) is 59.5 Å². The maximum Gasteiger partial charge on any atom is 0.261 e. The first-order chi connectivity index (χ1) is 13.9. The molecule has 0 aliphatic rings. The van der Waals surface area contributed by atoms with Gasteiger partial charge < -0.3 is 4.74 Å². The second-order valence-corrected chi connectivity index (χ2v) is 9.00. The Labute approximate surface area is 176 Å². The first-order valence-electron chi connectivity index (χ1n) is 8.17. The molecule has 3 rings (SSSR count). The number of anilines is 2. The summed E-state index contributed by atoms with van der Waals surface area (Å²) in [6, 6.07) is 12.7. The second kappa shape index (κ2) is 8.99. The maximum absolute atomic E-state index is 12.5. The van der Waals surface area contributed by atoms with Crippen molar-refractivity contribution in [2.24, 2.45) is 0 Å². The molecule has 0 saturated carbocycles. The van der Waals surface area contributed by atoms with Gasteiger partial charge in [-0.3, -0.25) is 19.9 Å². The topological polar surface area (TPSA) is 113 Å². The second-order valence-electron chi connectivity index (χ2n) is 5.65. The number of nitrogens with zero attached hydrogens (tertiary/aromatic N) is 1. The zero-order valence-corrected chi connectivity index (χ0v) is 17.5. The van der Waals surface area contributed by atoms with Crippen LogP contribution in [0.3, 0.4) is 0 Å². The van der Waals surface area contributed by atoms with Crippen molar-refractivity contribution in [1.29, 1.82) is 0 Å². The Balaban J connectivity index is 1.66. The van der Waals surface area contributed by atoms with Crippen molar-refractivity contribution in [2.45, 2.75) is 4.90 Å². The SMILES string of the molecule is COc1cccc(NS(=O)(=O)c2ccc(/C=C/C(=O)Nc3n[nH]c(=S)s3)cc2)c1. The molecule has 0 aliphatic carbocycles. The predicted octanol–water partition coefficient (Wildman–Crippen LogP) is 3.66. The van der Waals surface area contributed by atoms with Crippen molar-refractivity contribution in [2.75, 3.05) is 17.1 Å². The van der Waals surface area contributed by atoms with Gasteiger partial charge in [-0.1, -0.05) is 29.5 Å². The van der Waals surface area contributed by atoms with Gasteiger partial charge in [0, 0.05) is 12.1 Å². The number of H-pyrrole nitrogens is 1. The Morgan fingerprint density at radius 1 is 1.24 bits per heavy atom. The third kappa shape index (κ3) is 5.73. The molecule has 2 aromatic carbocycles. The minimum atomic E-state index is -3.75. The first kappa shape index (κ1) is 20.7. The summed E-state index contributed by atoms with van der Waals surface area (Å²) in [6.07, 6.45) is 2.88. The summed E-state index contributed by atoms with van der Waals surface area (Å²) in [5.74, 6) is 0.169. The fraction of sp³-hybridized carbons (Fsp3) is 0.0556. The Kier molecular flexibility index (Phi) is 6.42. The fourth-order valence-electron chi connectivity index (χ4n) is 2.26. The average Bonchev–Trinajstić information content (AvgIpc) is 3.11. The highest BCUT2D eigenvalue weighted by Gasteiger charge is 2.14. The summed E-state index contributed by atoms with van der Waals surface area (Å²) in [5, 5.41) is 9.35. The minimum Gasteiger partial charge on any atom is -0.497 e. The molecule has 29 heavy (non-hydrogen) atoms. The molecule has 0 unspecified atom stereocenters. The van der Waals surface area contributed by atoms with Crippen LogP contribution in [0.5, 0.6) is 5.75 Å². The lowest BCUT2D eigenvalue weighted by Gasteiger charge is -2.09. The molecule has 0 aliphatic heterocycles. The Morgan fingerprint density at radius 3 is 2.66 bits per heavy atom. The van der Waals surface area contributed by atoms with Gasteiger partial charge >= 0.3 is 0 Å². The van der Waals surface area contributed by atoms with E-state index in [1.807, 2.05) is 0 Å². The molecule has 0 bridgehead atoms. The normalized spacial score (nSPS) is 11.3. The number of benzene rings is 2. The molecule has 3 N–H and O–H groups in total. The van der Waals surface area contributed by atoms with Crippen molar-refractivity contribution in [3.05, 3.63) is 64.1 Å². The van der Waals surface area contributed by atoms with Gasteiger partial charge in [-0.25, -0.2) is 8.42 Å². The monoisotopic (exact) mass is 448 g/mol. The van der Waals surface area contributed by atoms with Crippen molar-refractivity contribution in [3.8, 4) is 5.75 Å². The molecule has 0 spiro atoms. The van der Waals surface area contributed by atoms with Crippen molar-refractivity contribution >= 4 is 56.4 Å². The van der Waals surface area contributed by atoms with Gasteiger partial charge in [0.2, 0.25) is 11.0 Å². The van der Waals surface area contributed by atoms with Crippen molar-refractivity contribution < 1.29 is 17.9 Å². The smallest absolute Gasteiger partial charge is 0.261 e. The lowest BCUT2D eigenvalue weighted by atomic mass is 10.2. The van der Waals surface area contributed by atoms with Crippen LogP contribution in [-0.2, 0) is 14.8 Å². The number of ether oxygens (including phenoxy) is 1. The molecule has 1 heterocycles. The number of rotatable bonds is 7. The third-order valence-electron chi connectivity index (χ3n) is 3.61. The number of hydrogen-bond donors (Lipinski definition) is 3. The number of nitrogens with one attached hydrogen (secondary N) is 3. The van der Waals surface area contributed by atoms with Crippen molar-refractivity contribution in [1.82, 2.24) is 10.2 Å². The van der Waals surface area contributed by atoms with Gasteiger partial charge in [0.05, 0.1) is 17.7 Å². The molecule has 11 heteroatoms. The largest absolute Gasteiger partial charge is 0.497 e. The Morgan fingerprint density at radius 2 is 2.00 bits per heavy atom. The Hall–Kier alpha value is -3.02. The molecule has 0 atom stereocenters. The van der Waals surface area contributed by atoms with E-state index in [9.17, 15) is 13.2 Å². The van der Waals surface area contributed by atoms with Gasteiger partial charge in [0.25, 0.3) is 10.0 Å². The molecule has 1 aromatic heterocycles. The Bertz CT molecular complexity index is 1200. The quantitative estimate of drug-likeness (QED) is 0.376. The zero-order chi connectivity index (χ0) is 20.9. The standard InChI is InChI=1S/C18H16N4O4S3/c1-26-14-4-2-3-13(11-14)22-29(24,25)15-8-5-12(6-9-15)7-10-16(23)19-17-20-21-18(27)28-17/h2-11,22H,1H3,(H,21,27)(H,19,20,23)/b10-7+. The maximum atomic E-state index is 12.5. The number of sulfonamides is 1. The molecule has 3 aromatic rings. The number of aromatic amines is 1. The van der Waals surface area contributed by atoms with Crippen LogP contribution in [0.1, 0.15) is 5.56 Å². The number of methoxy groups -OCH3 is 1. The van der Waals surface area contributed by atoms with Gasteiger partial charge in [-0.2, -0.15) is 0 Å². The highest BCUT2D eigenvalue weighted by molar-refractivity contribution is 7.92. The summed E-state index contributed by atoms with van der Waals surface area (Å²) in [6.45, 7) is 0. The number of carbonyl (C=O) groups is 1. The number of aromatic nitrogens is 2. The molecule has 0 fully saturated rings. The molecular weight excluding hydrogens is 432 g/mol. The van der Waals surface area contributed by atoms with E-state index in [1.54, 1.807) is 42.5 Å². The molecule has 0 saturated heterocycles. The van der Waals surface area contributed by atoms with Crippen LogP contribution in [0.2, 0.25) is 0 Å². The van der Waals surface area contributed by atoms with E-state index in [4.69, 9.17) is 17.0 Å². The van der Waals surface area contributed by atoms with Gasteiger partial charge in [0.15, 0.2) is 3.95 Å². The van der Waals surface area contributed by atoms with Crippen molar-refractivity contribution in [3.63, 3.8) is 0 Å². The van der Waals surface area contributed by atoms with Gasteiger partial charge in [0.1, 0.15) is 5.75 Å². The summed E-state index contributed by atoms with van der Waals surface area (Å²) >= 11 is 6.04. The highest BCUT2D eigenvalue weighted by atomic mass is 32.2. The molecule has 1 amide bonds. The summed E-state index contributed by atoms with van der Waals surface area (Å²) < 4.78 is 33.1. The van der Waals surface area contributed by atoms with Gasteiger partial charge in [-0.15, -0.1) is 5.10 Å². The zero-order valence-electron chi connectivity index (χ0n) is 15.1. The summed E-state index contributed by atoms with van der Waals surface area (Å²) in [5.41, 5.74) is 1.06. The molecule has 8 nitrogen and oxygen atoms in total. The lowest BCUT2D eigenvalue weighted by molar-refractivity contribution is -0.111. The predicted molar refractivity (Wildman–Crippen MR) is 115 cm³/mol. The van der Waals surface area contributed by atoms with Crippen LogP contribution < -0.4 is 14.8 Å². The van der Waals surface area contributed by atoms with E-state index in [0.717, 1.165) is 11.3 Å². The fourth-order valence-corrected chi connectivity index (χ4v) is 4.10. The molecule has 0 radical (unpaired) electrons. The average molecular weight is 449 g/mol. The van der Waals surface area contributed by atoms with E-state index in [-0.39, 0.29) is 10.8 Å². The van der Waals surface area contributed by atoms with Gasteiger partial charge in [-0.05, 0) is 48.1 Å². The number of hydrogen-bond acceptors (Lipinski definition) is 7. The number of amides is 1. The van der Waals surface area contributed by atoms with Crippen LogP contribution in [0, 0.1) is 3.95 Å². The first-order valence-corrected chi connectivity index (χ1v) is 10.9. The van der Waals surface area contributed by atoms with Crippen LogP contribution in [0.25, 0.3) is 6.08 Å². The minimum absolute atomic E-state index is 0.0956. The van der Waals surface area contributed by atoms with E-state index in [0.29, 0.717) is 26.1 Å². The van der Waals surface area contributed by atoms with Crippen LogP contribution in [-0.4, -0.2) is 31.6 Å². The lowest BCUT2D eigenvalue weighted by Crippen LogP contribution is -2.12. The van der Waals surface area contributed by atoms with E-state index in [1.165, 1.54) is 25.3 Å². The molecular formula is C18H16N4O4S3. The van der Waals surface area contributed by atoms with Crippen LogP contribution in [0.4, 0.5) is 10.8 Å². The highest BCUT2D eigenvalue weighted by Crippen LogP contribution is 2.21. The number of carbonyl (C=O) groups excluding carboxylic acids is 1. The molecule has 150 valence electrons. The third-order valence-corrected chi connectivity index (χ3v) is 6.01. The van der Waals surface area contributed by atoms with E-state index >= 15 is 0 Å². The summed E-state index contributed by atoms with van der Waals surface area (Å²) in [7, 11) is -2.25. The van der Waals surface area contributed by atoms with E-state index in [2.05, 4.69) is 20.2 Å². The van der Waals surface area contributed by atoms with E-state index < -0.39 is 10.0 Å². The van der Waals surface area contributed by atoms with Crippen LogP contribution >= 0.6 is 23.6 Å².